The standard InChI is InChI=1S/C22H28F2N8/c1-15(2)32-17-10-18(25-12-16(17)13-26-32)27-21-28-19(30-7-3-4-8-30)11-20(29-21)31-9-5-6-22(23,24)14-31/h10-13,15H,3-9,14H2,1-2H3,(H,25,27,28,29). The van der Waals surface area contributed by atoms with E-state index in [1.54, 1.807) is 17.3 Å². The molecular weight excluding hydrogens is 414 g/mol. The molecule has 8 nitrogen and oxygen atoms in total. The maximum atomic E-state index is 14.1. The van der Waals surface area contributed by atoms with Crippen LogP contribution in [0.15, 0.2) is 24.5 Å². The Kier molecular flexibility index (Phi) is 5.30. The third-order valence-corrected chi connectivity index (χ3v) is 6.05. The van der Waals surface area contributed by atoms with Crippen molar-refractivity contribution < 1.29 is 8.78 Å². The van der Waals surface area contributed by atoms with E-state index in [2.05, 4.69) is 39.1 Å². The summed E-state index contributed by atoms with van der Waals surface area (Å²) in [4.78, 5) is 17.6. The molecular formula is C22H28F2N8. The van der Waals surface area contributed by atoms with Crippen LogP contribution in [0.5, 0.6) is 0 Å². The third kappa shape index (κ3) is 4.18. The molecule has 2 saturated heterocycles. The van der Waals surface area contributed by atoms with Crippen molar-refractivity contribution in [2.24, 2.45) is 0 Å². The summed E-state index contributed by atoms with van der Waals surface area (Å²) in [5.74, 6) is -0.463. The van der Waals surface area contributed by atoms with Crippen LogP contribution in [0.1, 0.15) is 45.6 Å². The quantitative estimate of drug-likeness (QED) is 0.628. The Morgan fingerprint density at radius 1 is 0.969 bits per heavy atom. The van der Waals surface area contributed by atoms with Gasteiger partial charge in [-0.3, -0.25) is 4.68 Å². The van der Waals surface area contributed by atoms with E-state index in [9.17, 15) is 8.78 Å². The molecule has 0 saturated carbocycles. The number of hydrogen-bond donors (Lipinski definition) is 1. The molecule has 1 N–H and O–H groups in total. The van der Waals surface area contributed by atoms with Gasteiger partial charge in [-0.2, -0.15) is 15.1 Å². The van der Waals surface area contributed by atoms with Crippen molar-refractivity contribution in [1.82, 2.24) is 24.7 Å². The second-order valence-corrected chi connectivity index (χ2v) is 8.92. The summed E-state index contributed by atoms with van der Waals surface area (Å²) in [6, 6.07) is 3.97. The van der Waals surface area contributed by atoms with Gasteiger partial charge in [0.2, 0.25) is 5.95 Å². The second kappa shape index (κ2) is 8.14. The highest BCUT2D eigenvalue weighted by atomic mass is 19.3. The normalized spacial score (nSPS) is 18.7. The van der Waals surface area contributed by atoms with Crippen LogP contribution in [-0.2, 0) is 0 Å². The summed E-state index contributed by atoms with van der Waals surface area (Å²) >= 11 is 0. The van der Waals surface area contributed by atoms with Gasteiger partial charge in [0.15, 0.2) is 0 Å². The van der Waals surface area contributed by atoms with Crippen LogP contribution in [0.2, 0.25) is 0 Å². The zero-order chi connectivity index (χ0) is 22.3. The summed E-state index contributed by atoms with van der Waals surface area (Å²) in [5.41, 5.74) is 0.962. The van der Waals surface area contributed by atoms with Crippen LogP contribution in [0.4, 0.5) is 32.2 Å². The van der Waals surface area contributed by atoms with Crippen molar-refractivity contribution in [2.75, 3.05) is 41.3 Å². The van der Waals surface area contributed by atoms with Crippen LogP contribution < -0.4 is 15.1 Å². The van der Waals surface area contributed by atoms with Crippen LogP contribution >= 0.6 is 0 Å². The molecule has 10 heteroatoms. The number of fused-ring (bicyclic) bond motifs is 1. The van der Waals surface area contributed by atoms with E-state index in [0.717, 1.165) is 42.7 Å². The van der Waals surface area contributed by atoms with Crippen molar-refractivity contribution in [3.63, 3.8) is 0 Å². The maximum Gasteiger partial charge on any atom is 0.265 e. The molecule has 0 spiro atoms. The number of nitrogens with zero attached hydrogens (tertiary/aromatic N) is 7. The summed E-state index contributed by atoms with van der Waals surface area (Å²) < 4.78 is 30.1. The van der Waals surface area contributed by atoms with Gasteiger partial charge in [-0.1, -0.05) is 0 Å². The summed E-state index contributed by atoms with van der Waals surface area (Å²) in [7, 11) is 0. The van der Waals surface area contributed by atoms with Crippen LogP contribution in [-0.4, -0.2) is 56.8 Å². The minimum atomic E-state index is -2.70. The predicted molar refractivity (Wildman–Crippen MR) is 121 cm³/mol. The average Bonchev–Trinajstić information content (AvgIpc) is 3.43. The highest BCUT2D eigenvalue weighted by Gasteiger charge is 2.36. The smallest absolute Gasteiger partial charge is 0.265 e. The first-order valence-electron chi connectivity index (χ1n) is 11.3. The molecule has 32 heavy (non-hydrogen) atoms. The lowest BCUT2D eigenvalue weighted by atomic mass is 10.1. The Morgan fingerprint density at radius 3 is 2.41 bits per heavy atom. The summed E-state index contributed by atoms with van der Waals surface area (Å²) in [5, 5.41) is 8.58. The molecule has 2 aliphatic heterocycles. The van der Waals surface area contributed by atoms with Gasteiger partial charge >= 0.3 is 0 Å². The minimum absolute atomic E-state index is 0.0772. The fourth-order valence-electron chi connectivity index (χ4n) is 4.44. The number of anilines is 4. The van der Waals surface area contributed by atoms with E-state index < -0.39 is 5.92 Å². The van der Waals surface area contributed by atoms with E-state index in [0.29, 0.717) is 30.5 Å². The maximum absolute atomic E-state index is 14.1. The number of piperidine rings is 1. The van der Waals surface area contributed by atoms with E-state index >= 15 is 0 Å². The molecule has 0 bridgehead atoms. The molecule has 0 aromatic carbocycles. The largest absolute Gasteiger partial charge is 0.356 e. The SMILES string of the molecule is CC(C)n1ncc2cnc(Nc3nc(N4CCCC4)cc(N4CCCC(F)(F)C4)n3)cc21. The molecule has 0 amide bonds. The molecule has 0 radical (unpaired) electrons. The van der Waals surface area contributed by atoms with E-state index in [1.165, 1.54) is 0 Å². The summed E-state index contributed by atoms with van der Waals surface area (Å²) in [6.07, 6.45) is 6.12. The Labute approximate surface area is 185 Å². The highest BCUT2D eigenvalue weighted by Crippen LogP contribution is 2.32. The number of pyridine rings is 1. The summed E-state index contributed by atoms with van der Waals surface area (Å²) in [6.45, 7) is 6.20. The minimum Gasteiger partial charge on any atom is -0.356 e. The van der Waals surface area contributed by atoms with Crippen molar-refractivity contribution in [3.8, 4) is 0 Å². The van der Waals surface area contributed by atoms with Gasteiger partial charge in [-0.25, -0.2) is 13.8 Å². The Hall–Kier alpha value is -3.04. The molecule has 3 aromatic heterocycles. The van der Waals surface area contributed by atoms with Crippen LogP contribution in [0, 0.1) is 0 Å². The highest BCUT2D eigenvalue weighted by molar-refractivity contribution is 5.81. The second-order valence-electron chi connectivity index (χ2n) is 8.92. The molecule has 3 aromatic rings. The Balaban J connectivity index is 1.49. The third-order valence-electron chi connectivity index (χ3n) is 6.05. The van der Waals surface area contributed by atoms with Gasteiger partial charge in [0, 0.05) is 55.8 Å². The molecule has 2 fully saturated rings. The lowest BCUT2D eigenvalue weighted by Gasteiger charge is -2.33. The Bertz CT molecular complexity index is 1110. The van der Waals surface area contributed by atoms with Gasteiger partial charge in [0.25, 0.3) is 5.92 Å². The van der Waals surface area contributed by atoms with Crippen LogP contribution in [0.25, 0.3) is 10.9 Å². The molecule has 0 atom stereocenters. The number of aromatic nitrogens is 5. The molecule has 5 rings (SSSR count). The van der Waals surface area contributed by atoms with Gasteiger partial charge in [0.1, 0.15) is 17.5 Å². The van der Waals surface area contributed by atoms with Crippen molar-refractivity contribution in [2.45, 2.75) is 51.5 Å². The zero-order valence-corrected chi connectivity index (χ0v) is 18.4. The van der Waals surface area contributed by atoms with E-state index in [4.69, 9.17) is 4.98 Å². The topological polar surface area (TPSA) is 75.0 Å². The van der Waals surface area contributed by atoms with Crippen molar-refractivity contribution >= 4 is 34.3 Å². The van der Waals surface area contributed by atoms with Gasteiger partial charge < -0.3 is 15.1 Å². The van der Waals surface area contributed by atoms with Crippen molar-refractivity contribution in [3.05, 3.63) is 24.5 Å². The molecule has 170 valence electrons. The number of rotatable bonds is 5. The first-order valence-corrected chi connectivity index (χ1v) is 11.3. The van der Waals surface area contributed by atoms with E-state index in [-0.39, 0.29) is 19.0 Å². The fourth-order valence-corrected chi connectivity index (χ4v) is 4.44. The average molecular weight is 443 g/mol. The molecule has 5 heterocycles. The fraction of sp³-hybridized carbons (Fsp3) is 0.545. The Morgan fingerprint density at radius 2 is 1.69 bits per heavy atom. The van der Waals surface area contributed by atoms with Gasteiger partial charge in [-0.15, -0.1) is 0 Å². The first kappa shape index (κ1) is 20.8. The lowest BCUT2D eigenvalue weighted by molar-refractivity contribution is -0.0118. The number of halogens is 2. The number of alkyl halides is 2. The predicted octanol–water partition coefficient (Wildman–Crippen LogP) is 4.38. The monoisotopic (exact) mass is 442 g/mol. The molecule has 0 aliphatic carbocycles. The molecule has 0 unspecified atom stereocenters. The van der Waals surface area contributed by atoms with E-state index in [1.807, 2.05) is 16.8 Å². The lowest BCUT2D eigenvalue weighted by Crippen LogP contribution is -2.43. The van der Waals surface area contributed by atoms with Gasteiger partial charge in [-0.05, 0) is 33.1 Å². The van der Waals surface area contributed by atoms with Gasteiger partial charge in [0.05, 0.1) is 18.3 Å². The van der Waals surface area contributed by atoms with Crippen molar-refractivity contribution in [1.29, 1.82) is 0 Å². The zero-order valence-electron chi connectivity index (χ0n) is 18.4. The molecule has 2 aliphatic rings. The number of hydrogen-bond acceptors (Lipinski definition) is 7. The first-order chi connectivity index (χ1) is 15.4. The van der Waals surface area contributed by atoms with Crippen LogP contribution in [0.3, 0.4) is 0 Å². The number of nitrogens with one attached hydrogen (secondary N) is 1.